The molecule has 1 aromatic carbocycles. The maximum Gasteiger partial charge on any atom is 0.194 e. The second-order valence-electron chi connectivity index (χ2n) is 3.67. The Kier molecular flexibility index (Phi) is 4.40. The SMILES string of the molecule is C=CCCC(C)Nc1cc(F)c(F)c(F)c1. The van der Waals surface area contributed by atoms with E-state index in [1.54, 1.807) is 6.08 Å². The normalized spacial score (nSPS) is 12.2. The summed E-state index contributed by atoms with van der Waals surface area (Å²) in [4.78, 5) is 0. The predicted octanol–water partition coefficient (Wildman–Crippen LogP) is 3.87. The number of hydrogen-bond donors (Lipinski definition) is 1. The van der Waals surface area contributed by atoms with Crippen LogP contribution in [0.4, 0.5) is 18.9 Å². The Hall–Kier alpha value is -1.45. The summed E-state index contributed by atoms with van der Waals surface area (Å²) in [5.74, 6) is -3.80. The van der Waals surface area contributed by atoms with Gasteiger partial charge in [0.2, 0.25) is 0 Å². The van der Waals surface area contributed by atoms with Crippen LogP contribution in [0.5, 0.6) is 0 Å². The van der Waals surface area contributed by atoms with Crippen LogP contribution in [-0.2, 0) is 0 Å². The molecule has 1 rings (SSSR count). The Morgan fingerprint density at radius 1 is 1.31 bits per heavy atom. The molecular formula is C12H14F3N. The van der Waals surface area contributed by atoms with Crippen molar-refractivity contribution in [1.29, 1.82) is 0 Å². The van der Waals surface area contributed by atoms with Gasteiger partial charge in [-0.15, -0.1) is 6.58 Å². The van der Waals surface area contributed by atoms with Gasteiger partial charge in [-0.25, -0.2) is 13.2 Å². The lowest BCUT2D eigenvalue weighted by Crippen LogP contribution is -2.15. The van der Waals surface area contributed by atoms with Crippen LogP contribution in [0.25, 0.3) is 0 Å². The molecule has 0 heterocycles. The summed E-state index contributed by atoms with van der Waals surface area (Å²) < 4.78 is 38.4. The predicted molar refractivity (Wildman–Crippen MR) is 58.8 cm³/mol. The molecule has 1 aromatic rings. The Balaban J connectivity index is 2.70. The van der Waals surface area contributed by atoms with E-state index in [2.05, 4.69) is 11.9 Å². The third-order valence-electron chi connectivity index (χ3n) is 2.20. The van der Waals surface area contributed by atoms with Crippen molar-refractivity contribution in [3.05, 3.63) is 42.2 Å². The van der Waals surface area contributed by atoms with Gasteiger partial charge in [0.05, 0.1) is 0 Å². The van der Waals surface area contributed by atoms with E-state index in [4.69, 9.17) is 0 Å². The molecule has 0 bridgehead atoms. The van der Waals surface area contributed by atoms with Crippen molar-refractivity contribution in [2.75, 3.05) is 5.32 Å². The maximum absolute atomic E-state index is 12.9. The van der Waals surface area contributed by atoms with Gasteiger partial charge in [-0.3, -0.25) is 0 Å². The highest BCUT2D eigenvalue weighted by atomic mass is 19.2. The van der Waals surface area contributed by atoms with Crippen molar-refractivity contribution >= 4 is 5.69 Å². The molecule has 1 atom stereocenters. The Morgan fingerprint density at radius 3 is 2.38 bits per heavy atom. The Bertz CT molecular complexity index is 354. The second-order valence-corrected chi connectivity index (χ2v) is 3.67. The van der Waals surface area contributed by atoms with Gasteiger partial charge in [0.25, 0.3) is 0 Å². The minimum Gasteiger partial charge on any atom is -0.382 e. The summed E-state index contributed by atoms with van der Waals surface area (Å²) in [6, 6.07) is 1.94. The number of anilines is 1. The molecule has 88 valence electrons. The van der Waals surface area contributed by atoms with Crippen LogP contribution in [0, 0.1) is 17.5 Å². The van der Waals surface area contributed by atoms with Crippen LogP contribution in [-0.4, -0.2) is 6.04 Å². The van der Waals surface area contributed by atoms with Crippen molar-refractivity contribution < 1.29 is 13.2 Å². The molecule has 0 fully saturated rings. The Morgan fingerprint density at radius 2 is 1.88 bits per heavy atom. The van der Waals surface area contributed by atoms with Crippen LogP contribution in [0.2, 0.25) is 0 Å². The molecule has 4 heteroatoms. The number of rotatable bonds is 5. The summed E-state index contributed by atoms with van der Waals surface area (Å²) in [6.07, 6.45) is 3.37. The first kappa shape index (κ1) is 12.6. The summed E-state index contributed by atoms with van der Waals surface area (Å²) in [5.41, 5.74) is 0.243. The number of hydrogen-bond acceptors (Lipinski definition) is 1. The largest absolute Gasteiger partial charge is 0.382 e. The highest BCUT2D eigenvalue weighted by Crippen LogP contribution is 2.18. The number of benzene rings is 1. The first-order chi connectivity index (χ1) is 7.54. The first-order valence-corrected chi connectivity index (χ1v) is 5.06. The van der Waals surface area contributed by atoms with E-state index in [1.807, 2.05) is 6.92 Å². The fourth-order valence-corrected chi connectivity index (χ4v) is 1.36. The molecule has 16 heavy (non-hydrogen) atoms. The minimum absolute atomic E-state index is 0.0438. The van der Waals surface area contributed by atoms with E-state index in [0.717, 1.165) is 25.0 Å². The zero-order chi connectivity index (χ0) is 12.1. The van der Waals surface area contributed by atoms with Crippen molar-refractivity contribution in [3.8, 4) is 0 Å². The van der Waals surface area contributed by atoms with E-state index in [-0.39, 0.29) is 11.7 Å². The van der Waals surface area contributed by atoms with Gasteiger partial charge in [0.1, 0.15) is 0 Å². The summed E-state index contributed by atoms with van der Waals surface area (Å²) >= 11 is 0. The third kappa shape index (κ3) is 3.29. The van der Waals surface area contributed by atoms with E-state index in [9.17, 15) is 13.2 Å². The molecule has 0 saturated carbocycles. The number of nitrogens with one attached hydrogen (secondary N) is 1. The lowest BCUT2D eigenvalue weighted by atomic mass is 10.1. The van der Waals surface area contributed by atoms with Gasteiger partial charge in [0.15, 0.2) is 17.5 Å². The van der Waals surface area contributed by atoms with Crippen LogP contribution in [0.15, 0.2) is 24.8 Å². The van der Waals surface area contributed by atoms with Crippen molar-refractivity contribution in [2.24, 2.45) is 0 Å². The zero-order valence-corrected chi connectivity index (χ0v) is 9.06. The van der Waals surface area contributed by atoms with Crippen LogP contribution in [0.1, 0.15) is 19.8 Å². The molecule has 0 aliphatic carbocycles. The topological polar surface area (TPSA) is 12.0 Å². The highest BCUT2D eigenvalue weighted by molar-refractivity contribution is 5.44. The standard InChI is InChI=1S/C12H14F3N/c1-3-4-5-8(2)16-9-6-10(13)12(15)11(14)7-9/h3,6-8,16H,1,4-5H2,2H3. The summed E-state index contributed by atoms with van der Waals surface area (Å²) in [6.45, 7) is 5.46. The lowest BCUT2D eigenvalue weighted by Gasteiger charge is -2.14. The average Bonchev–Trinajstić information content (AvgIpc) is 2.23. The van der Waals surface area contributed by atoms with Crippen LogP contribution < -0.4 is 5.32 Å². The maximum atomic E-state index is 12.9. The average molecular weight is 229 g/mol. The molecule has 0 aromatic heterocycles. The second kappa shape index (κ2) is 5.58. The van der Waals surface area contributed by atoms with Crippen molar-refractivity contribution in [2.45, 2.75) is 25.8 Å². The molecule has 1 unspecified atom stereocenters. The molecular weight excluding hydrogens is 215 g/mol. The molecule has 0 amide bonds. The molecule has 0 saturated heterocycles. The van der Waals surface area contributed by atoms with E-state index >= 15 is 0 Å². The van der Waals surface area contributed by atoms with Gasteiger partial charge in [-0.1, -0.05) is 6.08 Å². The highest BCUT2D eigenvalue weighted by Gasteiger charge is 2.11. The first-order valence-electron chi connectivity index (χ1n) is 5.06. The van der Waals surface area contributed by atoms with Gasteiger partial charge >= 0.3 is 0 Å². The molecule has 0 aliphatic heterocycles. The van der Waals surface area contributed by atoms with Crippen LogP contribution >= 0.6 is 0 Å². The molecule has 0 aliphatic rings. The number of allylic oxidation sites excluding steroid dienone is 1. The van der Waals surface area contributed by atoms with E-state index < -0.39 is 17.5 Å². The molecule has 1 nitrogen and oxygen atoms in total. The quantitative estimate of drug-likeness (QED) is 0.597. The van der Waals surface area contributed by atoms with Crippen LogP contribution in [0.3, 0.4) is 0 Å². The molecule has 0 spiro atoms. The third-order valence-corrected chi connectivity index (χ3v) is 2.20. The summed E-state index contributed by atoms with van der Waals surface area (Å²) in [5, 5.41) is 2.89. The van der Waals surface area contributed by atoms with Gasteiger partial charge in [-0.05, 0) is 19.8 Å². The van der Waals surface area contributed by atoms with E-state index in [0.29, 0.717) is 0 Å². The summed E-state index contributed by atoms with van der Waals surface area (Å²) in [7, 11) is 0. The van der Waals surface area contributed by atoms with Gasteiger partial charge in [0, 0.05) is 23.9 Å². The van der Waals surface area contributed by atoms with Crippen molar-refractivity contribution in [3.63, 3.8) is 0 Å². The van der Waals surface area contributed by atoms with Gasteiger partial charge < -0.3 is 5.32 Å². The Labute approximate surface area is 93.0 Å². The van der Waals surface area contributed by atoms with Crippen molar-refractivity contribution in [1.82, 2.24) is 0 Å². The van der Waals surface area contributed by atoms with Gasteiger partial charge in [-0.2, -0.15) is 0 Å². The monoisotopic (exact) mass is 229 g/mol. The zero-order valence-electron chi connectivity index (χ0n) is 9.06. The smallest absolute Gasteiger partial charge is 0.194 e. The minimum atomic E-state index is -1.44. The lowest BCUT2D eigenvalue weighted by molar-refractivity contribution is 0.447. The molecule has 0 radical (unpaired) electrons. The van der Waals surface area contributed by atoms with E-state index in [1.165, 1.54) is 0 Å². The fourth-order valence-electron chi connectivity index (χ4n) is 1.36. The molecule has 1 N–H and O–H groups in total. The fraction of sp³-hybridized carbons (Fsp3) is 0.333. The number of halogens is 3.